The van der Waals surface area contributed by atoms with Crippen LogP contribution in [0.2, 0.25) is 0 Å². The van der Waals surface area contributed by atoms with Gasteiger partial charge in [-0.1, -0.05) is 36.4 Å². The molecule has 1 N–H and O–H groups in total. The van der Waals surface area contributed by atoms with E-state index in [0.29, 0.717) is 26.2 Å². The van der Waals surface area contributed by atoms with Crippen molar-refractivity contribution in [1.82, 2.24) is 14.5 Å². The Morgan fingerprint density at radius 2 is 1.52 bits per heavy atom. The maximum atomic E-state index is 13.1. The summed E-state index contributed by atoms with van der Waals surface area (Å²) in [6.07, 6.45) is -0.163. The van der Waals surface area contributed by atoms with Crippen LogP contribution in [0.4, 0.5) is 5.69 Å². The fourth-order valence-corrected chi connectivity index (χ4v) is 5.66. The van der Waals surface area contributed by atoms with Crippen LogP contribution in [0.3, 0.4) is 0 Å². The first-order valence-corrected chi connectivity index (χ1v) is 11.8. The van der Waals surface area contributed by atoms with Gasteiger partial charge in [-0.15, -0.1) is 0 Å². The third kappa shape index (κ3) is 4.57. The van der Waals surface area contributed by atoms with Crippen LogP contribution in [-0.4, -0.2) is 74.7 Å². The van der Waals surface area contributed by atoms with Gasteiger partial charge in [-0.05, 0) is 24.3 Å². The minimum atomic E-state index is -3.87. The van der Waals surface area contributed by atoms with Crippen LogP contribution in [0.15, 0.2) is 65.6 Å². The van der Waals surface area contributed by atoms with E-state index in [0.717, 1.165) is 5.69 Å². The summed E-state index contributed by atoms with van der Waals surface area (Å²) >= 11 is 0. The fraction of sp³-hybridized carbons (Fsp3) is 0.364. The molecule has 0 unspecified atom stereocenters. The number of carbonyl (C=O) groups excluding carboxylic acids is 2. The quantitative estimate of drug-likeness (QED) is 0.744. The number of anilines is 1. The van der Waals surface area contributed by atoms with Gasteiger partial charge in [0.15, 0.2) is 0 Å². The van der Waals surface area contributed by atoms with Crippen molar-refractivity contribution < 1.29 is 18.0 Å². The van der Waals surface area contributed by atoms with Crippen LogP contribution in [0.1, 0.15) is 6.42 Å². The van der Waals surface area contributed by atoms with Crippen molar-refractivity contribution in [3.8, 4) is 0 Å². The SMILES string of the molecule is O=C1NCCN(S(=O)(=O)c2ccccc2)[C@H]1CC(=O)N1CCN(c2ccccc2)CC1. The number of amides is 2. The molecule has 0 bridgehead atoms. The highest BCUT2D eigenvalue weighted by atomic mass is 32.2. The molecule has 0 radical (unpaired) electrons. The molecule has 2 aliphatic heterocycles. The predicted octanol–water partition coefficient (Wildman–Crippen LogP) is 0.915. The maximum Gasteiger partial charge on any atom is 0.243 e. The number of nitrogens with zero attached hydrogens (tertiary/aromatic N) is 3. The first-order valence-electron chi connectivity index (χ1n) is 10.4. The highest BCUT2D eigenvalue weighted by Crippen LogP contribution is 2.23. The topological polar surface area (TPSA) is 90.0 Å². The summed E-state index contributed by atoms with van der Waals surface area (Å²) in [6.45, 7) is 2.83. The molecule has 2 fully saturated rings. The first kappa shape index (κ1) is 21.3. The number of rotatable bonds is 5. The molecule has 0 saturated carbocycles. The van der Waals surface area contributed by atoms with Crippen molar-refractivity contribution in [2.75, 3.05) is 44.2 Å². The monoisotopic (exact) mass is 442 g/mol. The van der Waals surface area contributed by atoms with Gasteiger partial charge >= 0.3 is 0 Å². The number of piperazine rings is 2. The van der Waals surface area contributed by atoms with Crippen molar-refractivity contribution in [1.29, 1.82) is 0 Å². The molecule has 8 nitrogen and oxygen atoms in total. The smallest absolute Gasteiger partial charge is 0.243 e. The Kier molecular flexibility index (Phi) is 6.24. The summed E-state index contributed by atoms with van der Waals surface area (Å²) in [7, 11) is -3.87. The lowest BCUT2D eigenvalue weighted by atomic mass is 10.1. The maximum absolute atomic E-state index is 13.1. The van der Waals surface area contributed by atoms with E-state index in [-0.39, 0.29) is 30.3 Å². The number of sulfonamides is 1. The largest absolute Gasteiger partial charge is 0.368 e. The highest BCUT2D eigenvalue weighted by Gasteiger charge is 2.40. The van der Waals surface area contributed by atoms with Crippen LogP contribution in [-0.2, 0) is 19.6 Å². The third-order valence-corrected chi connectivity index (χ3v) is 7.68. The minimum Gasteiger partial charge on any atom is -0.368 e. The van der Waals surface area contributed by atoms with E-state index >= 15 is 0 Å². The average molecular weight is 443 g/mol. The molecule has 31 heavy (non-hydrogen) atoms. The molecule has 2 heterocycles. The third-order valence-electron chi connectivity index (χ3n) is 5.75. The van der Waals surface area contributed by atoms with Gasteiger partial charge in [0.1, 0.15) is 6.04 Å². The minimum absolute atomic E-state index is 0.124. The molecule has 9 heteroatoms. The summed E-state index contributed by atoms with van der Waals surface area (Å²) < 4.78 is 27.4. The van der Waals surface area contributed by atoms with Gasteiger partial charge in [0.25, 0.3) is 0 Å². The standard InChI is InChI=1S/C22H26N4O4S/c27-21(25-15-13-24(14-16-25)18-7-3-1-4-8-18)17-20-22(28)23-11-12-26(20)31(29,30)19-9-5-2-6-10-19/h1-10,20H,11-17H2,(H,23,28)/t20-/m0/s1. The highest BCUT2D eigenvalue weighted by molar-refractivity contribution is 7.89. The van der Waals surface area contributed by atoms with E-state index in [1.54, 1.807) is 23.1 Å². The normalized spacial score (nSPS) is 20.4. The zero-order valence-electron chi connectivity index (χ0n) is 17.2. The molecule has 0 aliphatic carbocycles. The van der Waals surface area contributed by atoms with Crippen molar-refractivity contribution in [2.24, 2.45) is 0 Å². The number of hydrogen-bond donors (Lipinski definition) is 1. The summed E-state index contributed by atoms with van der Waals surface area (Å²) in [4.78, 5) is 29.6. The molecule has 2 aliphatic rings. The summed E-state index contributed by atoms with van der Waals surface area (Å²) in [6, 6.07) is 17.0. The average Bonchev–Trinajstić information content (AvgIpc) is 2.81. The Morgan fingerprint density at radius 3 is 2.16 bits per heavy atom. The molecule has 4 rings (SSSR count). The predicted molar refractivity (Wildman–Crippen MR) is 117 cm³/mol. The van der Waals surface area contributed by atoms with Gasteiger partial charge in [0.05, 0.1) is 11.3 Å². The van der Waals surface area contributed by atoms with Gasteiger partial charge in [-0.2, -0.15) is 4.31 Å². The molecule has 2 aromatic carbocycles. The second-order valence-corrected chi connectivity index (χ2v) is 9.53. The zero-order valence-corrected chi connectivity index (χ0v) is 18.0. The number of carbonyl (C=O) groups is 2. The lowest BCUT2D eigenvalue weighted by Gasteiger charge is -2.38. The molecule has 2 saturated heterocycles. The molecule has 0 aromatic heterocycles. The van der Waals surface area contributed by atoms with Crippen LogP contribution in [0.5, 0.6) is 0 Å². The molecule has 1 atom stereocenters. The summed E-state index contributed by atoms with van der Waals surface area (Å²) in [5.74, 6) is -0.634. The van der Waals surface area contributed by atoms with Gasteiger partial charge in [0, 0.05) is 45.0 Å². The molecular formula is C22H26N4O4S. The van der Waals surface area contributed by atoms with Gasteiger partial charge < -0.3 is 15.1 Å². The molecule has 164 valence electrons. The zero-order chi connectivity index (χ0) is 21.8. The van der Waals surface area contributed by atoms with Gasteiger partial charge in [-0.25, -0.2) is 8.42 Å². The van der Waals surface area contributed by atoms with Crippen molar-refractivity contribution in [2.45, 2.75) is 17.4 Å². The van der Waals surface area contributed by atoms with Crippen LogP contribution >= 0.6 is 0 Å². The van der Waals surface area contributed by atoms with Crippen LogP contribution < -0.4 is 10.2 Å². The Bertz CT molecular complexity index is 1020. The lowest BCUT2D eigenvalue weighted by molar-refractivity contribution is -0.137. The van der Waals surface area contributed by atoms with Gasteiger partial charge in [0.2, 0.25) is 21.8 Å². The number of para-hydroxylation sites is 1. The van der Waals surface area contributed by atoms with Crippen molar-refractivity contribution in [3.05, 3.63) is 60.7 Å². The fourth-order valence-electron chi connectivity index (χ4n) is 4.05. The number of nitrogens with one attached hydrogen (secondary N) is 1. The van der Waals surface area contributed by atoms with E-state index in [4.69, 9.17) is 0 Å². The number of hydrogen-bond acceptors (Lipinski definition) is 5. The second kappa shape index (κ2) is 9.07. The summed E-state index contributed by atoms with van der Waals surface area (Å²) in [5.41, 5.74) is 1.11. The van der Waals surface area contributed by atoms with Crippen LogP contribution in [0.25, 0.3) is 0 Å². The van der Waals surface area contributed by atoms with Crippen molar-refractivity contribution >= 4 is 27.5 Å². The molecule has 0 spiro atoms. The Balaban J connectivity index is 1.44. The van der Waals surface area contributed by atoms with E-state index in [9.17, 15) is 18.0 Å². The Morgan fingerprint density at radius 1 is 0.903 bits per heavy atom. The Hall–Kier alpha value is -2.91. The van der Waals surface area contributed by atoms with Crippen LogP contribution in [0, 0.1) is 0 Å². The van der Waals surface area contributed by atoms with Crippen molar-refractivity contribution in [3.63, 3.8) is 0 Å². The first-order chi connectivity index (χ1) is 15.0. The summed E-state index contributed by atoms with van der Waals surface area (Å²) in [5, 5.41) is 2.70. The number of benzene rings is 2. The molecule has 2 aromatic rings. The Labute approximate surface area is 182 Å². The molecular weight excluding hydrogens is 416 g/mol. The van der Waals surface area contributed by atoms with E-state index in [1.807, 2.05) is 30.3 Å². The van der Waals surface area contributed by atoms with E-state index in [2.05, 4.69) is 10.2 Å². The molecule has 2 amide bonds. The lowest BCUT2D eigenvalue weighted by Crippen LogP contribution is -2.59. The van der Waals surface area contributed by atoms with E-state index < -0.39 is 22.0 Å². The second-order valence-electron chi connectivity index (χ2n) is 7.64. The van der Waals surface area contributed by atoms with Gasteiger partial charge in [-0.3, -0.25) is 9.59 Å². The van der Waals surface area contributed by atoms with E-state index in [1.165, 1.54) is 16.4 Å².